The number of carbonyl (C=O) groups is 3. The summed E-state index contributed by atoms with van der Waals surface area (Å²) >= 11 is 1.52. The smallest absolute Gasteiger partial charge is 0.355 e. The molecule has 2 aromatic carbocycles. The number of amides is 2. The molecule has 1 N–H and O–H groups in total. The quantitative estimate of drug-likeness (QED) is 0.463. The molecule has 0 saturated carbocycles. The molecule has 0 aliphatic carbocycles. The van der Waals surface area contributed by atoms with Crippen LogP contribution in [0.15, 0.2) is 78.0 Å². The van der Waals surface area contributed by atoms with Crippen molar-refractivity contribution < 1.29 is 23.9 Å². The predicted octanol–water partition coefficient (Wildman–Crippen LogP) is 3.21. The molecule has 1 saturated heterocycles. The first-order valence-electron chi connectivity index (χ1n) is 11.0. The van der Waals surface area contributed by atoms with Gasteiger partial charge in [-0.15, -0.1) is 11.8 Å². The summed E-state index contributed by atoms with van der Waals surface area (Å²) in [7, 11) is 1.59. The number of allylic oxidation sites excluding steroid dienone is 2. The van der Waals surface area contributed by atoms with Gasteiger partial charge >= 0.3 is 5.97 Å². The van der Waals surface area contributed by atoms with Gasteiger partial charge < -0.3 is 14.8 Å². The second-order valence-electron chi connectivity index (χ2n) is 7.92. The zero-order valence-corrected chi connectivity index (χ0v) is 19.8. The van der Waals surface area contributed by atoms with Crippen LogP contribution in [-0.2, 0) is 32.1 Å². The van der Waals surface area contributed by atoms with Crippen molar-refractivity contribution in [3.8, 4) is 5.75 Å². The molecule has 2 aliphatic rings. The molecule has 1 unspecified atom stereocenters. The standard InChI is InChI=1S/C26H26N2O5S/c1-3-7-19-16-34-25-22(27-21(29)14-17-8-5-4-6-9-17)24(30)28(25)23(19)26(31)33-15-18-10-12-20(32-2)13-11-18/h3-13,22,25H,14-16H2,1-2H3,(H,27,29)/b7-3+/t22-,25?/m1/s1. The maximum atomic E-state index is 13.1. The molecule has 7 nitrogen and oxygen atoms in total. The summed E-state index contributed by atoms with van der Waals surface area (Å²) in [4.78, 5) is 40.0. The van der Waals surface area contributed by atoms with Crippen molar-refractivity contribution in [2.75, 3.05) is 12.9 Å². The second kappa shape index (κ2) is 10.6. The first-order chi connectivity index (χ1) is 16.5. The number of carbonyl (C=O) groups excluding carboxylic acids is 3. The molecular weight excluding hydrogens is 452 g/mol. The summed E-state index contributed by atoms with van der Waals surface area (Å²) < 4.78 is 10.7. The van der Waals surface area contributed by atoms with Crippen LogP contribution in [0.5, 0.6) is 5.75 Å². The van der Waals surface area contributed by atoms with E-state index >= 15 is 0 Å². The minimum absolute atomic E-state index is 0.0759. The van der Waals surface area contributed by atoms with Crippen molar-refractivity contribution >= 4 is 29.5 Å². The Morgan fingerprint density at radius 1 is 1.12 bits per heavy atom. The summed E-state index contributed by atoms with van der Waals surface area (Å²) in [5.74, 6) is 0.161. The Kier molecular flexibility index (Phi) is 7.37. The van der Waals surface area contributed by atoms with Crippen LogP contribution in [0.25, 0.3) is 0 Å². The van der Waals surface area contributed by atoms with Crippen LogP contribution in [0.4, 0.5) is 0 Å². The third-order valence-electron chi connectivity index (χ3n) is 5.61. The van der Waals surface area contributed by atoms with Crippen molar-refractivity contribution in [3.05, 3.63) is 89.1 Å². The molecule has 0 spiro atoms. The van der Waals surface area contributed by atoms with Gasteiger partial charge in [-0.2, -0.15) is 0 Å². The van der Waals surface area contributed by atoms with E-state index in [1.165, 1.54) is 16.7 Å². The summed E-state index contributed by atoms with van der Waals surface area (Å²) in [5, 5.41) is 2.49. The molecule has 0 bridgehead atoms. The number of ether oxygens (including phenoxy) is 2. The largest absolute Gasteiger partial charge is 0.497 e. The van der Waals surface area contributed by atoms with E-state index in [0.29, 0.717) is 11.5 Å². The summed E-state index contributed by atoms with van der Waals surface area (Å²) in [6.45, 7) is 1.93. The van der Waals surface area contributed by atoms with Gasteiger partial charge in [-0.25, -0.2) is 4.79 Å². The Morgan fingerprint density at radius 2 is 1.85 bits per heavy atom. The molecule has 2 heterocycles. The average Bonchev–Trinajstić information content (AvgIpc) is 2.86. The number of fused-ring (bicyclic) bond motifs is 1. The maximum Gasteiger partial charge on any atom is 0.355 e. The Morgan fingerprint density at radius 3 is 2.53 bits per heavy atom. The van der Waals surface area contributed by atoms with E-state index in [0.717, 1.165) is 16.7 Å². The number of thioether (sulfide) groups is 1. The van der Waals surface area contributed by atoms with Gasteiger partial charge in [-0.05, 0) is 35.8 Å². The molecule has 2 aromatic rings. The number of nitrogens with zero attached hydrogens (tertiary/aromatic N) is 1. The highest BCUT2D eigenvalue weighted by Gasteiger charge is 2.54. The number of hydrogen-bond acceptors (Lipinski definition) is 6. The highest BCUT2D eigenvalue weighted by molar-refractivity contribution is 8.00. The molecule has 0 aromatic heterocycles. The molecule has 1 fully saturated rings. The number of methoxy groups -OCH3 is 1. The Hall–Kier alpha value is -3.52. The van der Waals surface area contributed by atoms with Crippen molar-refractivity contribution in [1.29, 1.82) is 0 Å². The van der Waals surface area contributed by atoms with Crippen LogP contribution in [-0.4, -0.2) is 47.0 Å². The lowest BCUT2D eigenvalue weighted by Gasteiger charge is -2.49. The lowest BCUT2D eigenvalue weighted by atomic mass is 10.0. The molecular formula is C26H26N2O5S. The highest BCUT2D eigenvalue weighted by atomic mass is 32.2. The monoisotopic (exact) mass is 478 g/mol. The van der Waals surface area contributed by atoms with Gasteiger partial charge in [-0.3, -0.25) is 14.5 Å². The molecule has 4 rings (SSSR count). The SMILES string of the molecule is C/C=C/C1=C(C(=O)OCc2ccc(OC)cc2)N2C(=O)[C@@H](NC(=O)Cc3ccccc3)C2SC1. The first kappa shape index (κ1) is 23.6. The van der Waals surface area contributed by atoms with Crippen LogP contribution < -0.4 is 10.1 Å². The Bertz CT molecular complexity index is 1130. The van der Waals surface area contributed by atoms with Crippen LogP contribution in [0.1, 0.15) is 18.1 Å². The fourth-order valence-electron chi connectivity index (χ4n) is 3.91. The van der Waals surface area contributed by atoms with Gasteiger partial charge in [0.2, 0.25) is 5.91 Å². The van der Waals surface area contributed by atoms with Crippen LogP contribution in [0.3, 0.4) is 0 Å². The molecule has 0 radical (unpaired) electrons. The van der Waals surface area contributed by atoms with E-state index in [1.54, 1.807) is 19.2 Å². The van der Waals surface area contributed by atoms with E-state index < -0.39 is 12.0 Å². The van der Waals surface area contributed by atoms with Crippen molar-refractivity contribution in [1.82, 2.24) is 10.2 Å². The van der Waals surface area contributed by atoms with Gasteiger partial charge in [0.15, 0.2) is 0 Å². The third-order valence-corrected chi connectivity index (χ3v) is 6.91. The van der Waals surface area contributed by atoms with Crippen molar-refractivity contribution in [2.45, 2.75) is 31.4 Å². The Balaban J connectivity index is 1.44. The number of benzene rings is 2. The minimum atomic E-state index is -0.669. The topological polar surface area (TPSA) is 84.9 Å². The number of rotatable bonds is 8. The molecule has 34 heavy (non-hydrogen) atoms. The zero-order chi connectivity index (χ0) is 24.1. The van der Waals surface area contributed by atoms with E-state index in [4.69, 9.17) is 9.47 Å². The minimum Gasteiger partial charge on any atom is -0.497 e. The number of β-lactam (4-membered cyclic amide) rings is 1. The second-order valence-corrected chi connectivity index (χ2v) is 9.02. The van der Waals surface area contributed by atoms with E-state index in [1.807, 2.05) is 61.5 Å². The van der Waals surface area contributed by atoms with E-state index in [2.05, 4.69) is 5.32 Å². The normalized spacial score (nSPS) is 19.5. The number of nitrogens with one attached hydrogen (secondary N) is 1. The van der Waals surface area contributed by atoms with Crippen molar-refractivity contribution in [3.63, 3.8) is 0 Å². The first-order valence-corrected chi connectivity index (χ1v) is 12.0. The van der Waals surface area contributed by atoms with Crippen LogP contribution >= 0.6 is 11.8 Å². The van der Waals surface area contributed by atoms with Gasteiger partial charge in [0.25, 0.3) is 5.91 Å². The molecule has 2 aliphatic heterocycles. The lowest BCUT2D eigenvalue weighted by Crippen LogP contribution is -2.70. The van der Waals surface area contributed by atoms with Gasteiger partial charge in [0.05, 0.1) is 13.5 Å². The molecule has 8 heteroatoms. The van der Waals surface area contributed by atoms with Gasteiger partial charge in [-0.1, -0.05) is 54.6 Å². The molecule has 176 valence electrons. The fraction of sp³-hybridized carbons (Fsp3) is 0.269. The Labute approximate surface area is 202 Å². The predicted molar refractivity (Wildman–Crippen MR) is 130 cm³/mol. The zero-order valence-electron chi connectivity index (χ0n) is 19.0. The van der Waals surface area contributed by atoms with Crippen LogP contribution in [0.2, 0.25) is 0 Å². The summed E-state index contributed by atoms with van der Waals surface area (Å²) in [6, 6.07) is 15.9. The fourth-order valence-corrected chi connectivity index (χ4v) is 5.22. The summed E-state index contributed by atoms with van der Waals surface area (Å²) in [5.41, 5.74) is 2.66. The van der Waals surface area contributed by atoms with E-state index in [9.17, 15) is 14.4 Å². The molecule has 2 amide bonds. The highest BCUT2D eigenvalue weighted by Crippen LogP contribution is 2.41. The summed E-state index contributed by atoms with van der Waals surface area (Å²) in [6.07, 6.45) is 3.84. The lowest BCUT2D eigenvalue weighted by molar-refractivity contribution is -0.153. The van der Waals surface area contributed by atoms with Gasteiger partial charge in [0, 0.05) is 5.75 Å². The average molecular weight is 479 g/mol. The van der Waals surface area contributed by atoms with Crippen LogP contribution in [0, 0.1) is 0 Å². The van der Waals surface area contributed by atoms with Crippen molar-refractivity contribution in [2.24, 2.45) is 0 Å². The van der Waals surface area contributed by atoms with E-state index in [-0.39, 0.29) is 35.9 Å². The van der Waals surface area contributed by atoms with Gasteiger partial charge in [0.1, 0.15) is 29.5 Å². The molecule has 2 atom stereocenters. The maximum absolute atomic E-state index is 13.1. The number of hydrogen-bond donors (Lipinski definition) is 1. The third kappa shape index (κ3) is 5.02. The number of esters is 1.